The van der Waals surface area contributed by atoms with Crippen molar-refractivity contribution >= 4 is 22.3 Å². The standard InChI is InChI=1S/C14H18N4O3S/c1-3-14(4-2)10-17(7-8-22(14)21)13-12(18(19)20)11(9-15)5-6-16-13/h5-6H,3-4,7-8,10H2,1-2H3. The van der Waals surface area contributed by atoms with E-state index in [2.05, 4.69) is 4.98 Å². The molecule has 0 radical (unpaired) electrons. The lowest BCUT2D eigenvalue weighted by molar-refractivity contribution is -0.384. The van der Waals surface area contributed by atoms with Crippen molar-refractivity contribution in [3.63, 3.8) is 0 Å². The highest BCUT2D eigenvalue weighted by Crippen LogP contribution is 2.35. The van der Waals surface area contributed by atoms with Crippen LogP contribution in [0.5, 0.6) is 0 Å². The van der Waals surface area contributed by atoms with Gasteiger partial charge < -0.3 is 4.90 Å². The summed E-state index contributed by atoms with van der Waals surface area (Å²) in [6, 6.07) is 3.19. The summed E-state index contributed by atoms with van der Waals surface area (Å²) in [5, 5.41) is 20.4. The fourth-order valence-electron chi connectivity index (χ4n) is 2.83. The molecule has 0 saturated carbocycles. The van der Waals surface area contributed by atoms with Crippen LogP contribution in [0, 0.1) is 21.4 Å². The van der Waals surface area contributed by atoms with Crippen molar-refractivity contribution in [3.05, 3.63) is 27.9 Å². The maximum atomic E-state index is 12.4. The number of anilines is 1. The number of nitriles is 1. The Balaban J connectivity index is 2.47. The second-order valence-electron chi connectivity index (χ2n) is 5.26. The summed E-state index contributed by atoms with van der Waals surface area (Å²) in [5.41, 5.74) is -0.265. The zero-order valence-electron chi connectivity index (χ0n) is 12.6. The lowest BCUT2D eigenvalue weighted by atomic mass is 10.0. The van der Waals surface area contributed by atoms with E-state index in [0.717, 1.165) is 12.8 Å². The fourth-order valence-corrected chi connectivity index (χ4v) is 4.59. The Morgan fingerprint density at radius 1 is 1.55 bits per heavy atom. The Labute approximate surface area is 131 Å². The molecule has 1 aromatic rings. The van der Waals surface area contributed by atoms with Gasteiger partial charge in [0.25, 0.3) is 0 Å². The van der Waals surface area contributed by atoms with Crippen LogP contribution >= 0.6 is 0 Å². The number of rotatable bonds is 4. The van der Waals surface area contributed by atoms with E-state index in [0.29, 0.717) is 18.8 Å². The monoisotopic (exact) mass is 322 g/mol. The first kappa shape index (κ1) is 16.4. The average Bonchev–Trinajstić information content (AvgIpc) is 2.54. The van der Waals surface area contributed by atoms with Gasteiger partial charge in [0.15, 0.2) is 0 Å². The lowest BCUT2D eigenvalue weighted by Gasteiger charge is -2.41. The molecule has 1 aromatic heterocycles. The molecule has 8 heteroatoms. The van der Waals surface area contributed by atoms with Gasteiger partial charge in [-0.25, -0.2) is 4.98 Å². The van der Waals surface area contributed by atoms with Crippen molar-refractivity contribution in [2.24, 2.45) is 0 Å². The molecule has 1 saturated heterocycles. The third kappa shape index (κ3) is 2.68. The molecule has 0 spiro atoms. The number of hydrogen-bond donors (Lipinski definition) is 0. The van der Waals surface area contributed by atoms with Crippen molar-refractivity contribution in [2.45, 2.75) is 31.4 Å². The van der Waals surface area contributed by atoms with Crippen LogP contribution < -0.4 is 4.90 Å². The average molecular weight is 322 g/mol. The molecule has 1 fully saturated rings. The molecule has 0 bridgehead atoms. The molecule has 7 nitrogen and oxygen atoms in total. The van der Waals surface area contributed by atoms with Crippen molar-refractivity contribution in [1.29, 1.82) is 5.26 Å². The molecule has 1 aliphatic heterocycles. The zero-order valence-corrected chi connectivity index (χ0v) is 13.4. The lowest BCUT2D eigenvalue weighted by Crippen LogP contribution is -2.53. The van der Waals surface area contributed by atoms with Gasteiger partial charge in [0, 0.05) is 35.8 Å². The summed E-state index contributed by atoms with van der Waals surface area (Å²) >= 11 is 0. The summed E-state index contributed by atoms with van der Waals surface area (Å²) in [4.78, 5) is 16.7. The molecule has 2 heterocycles. The van der Waals surface area contributed by atoms with E-state index < -0.39 is 15.7 Å². The van der Waals surface area contributed by atoms with Gasteiger partial charge >= 0.3 is 5.69 Å². The third-order valence-corrected chi connectivity index (χ3v) is 6.53. The quantitative estimate of drug-likeness (QED) is 0.621. The van der Waals surface area contributed by atoms with Crippen LogP contribution in [0.15, 0.2) is 12.3 Å². The molecule has 0 amide bonds. The topological polar surface area (TPSA) is 100 Å². The van der Waals surface area contributed by atoms with Crippen LogP contribution in [-0.4, -0.2) is 37.7 Å². The number of nitrogens with zero attached hydrogens (tertiary/aromatic N) is 4. The Bertz CT molecular complexity index is 652. The highest BCUT2D eigenvalue weighted by Gasteiger charge is 2.41. The minimum Gasteiger partial charge on any atom is -0.348 e. The smallest absolute Gasteiger partial charge is 0.329 e. The fraction of sp³-hybridized carbons (Fsp3) is 0.571. The second kappa shape index (κ2) is 6.40. The van der Waals surface area contributed by atoms with Crippen molar-refractivity contribution in [3.8, 4) is 6.07 Å². The maximum absolute atomic E-state index is 12.4. The molecule has 1 aliphatic rings. The number of aromatic nitrogens is 1. The van der Waals surface area contributed by atoms with Gasteiger partial charge in [0.1, 0.15) is 11.6 Å². The van der Waals surface area contributed by atoms with Gasteiger partial charge in [-0.1, -0.05) is 13.8 Å². The van der Waals surface area contributed by atoms with Gasteiger partial charge in [-0.3, -0.25) is 14.3 Å². The molecule has 0 aliphatic carbocycles. The second-order valence-corrected chi connectivity index (χ2v) is 7.23. The van der Waals surface area contributed by atoms with Crippen LogP contribution in [0.25, 0.3) is 0 Å². The van der Waals surface area contributed by atoms with E-state index in [4.69, 9.17) is 5.26 Å². The van der Waals surface area contributed by atoms with E-state index in [1.807, 2.05) is 19.9 Å². The SMILES string of the molecule is CCC1(CC)CN(c2nccc(C#N)c2[N+](=O)[O-])CCS1=O. The van der Waals surface area contributed by atoms with Crippen molar-refractivity contribution < 1.29 is 9.13 Å². The van der Waals surface area contributed by atoms with Crippen LogP contribution in [0.3, 0.4) is 0 Å². The van der Waals surface area contributed by atoms with Gasteiger partial charge in [0.2, 0.25) is 5.82 Å². The molecule has 22 heavy (non-hydrogen) atoms. The van der Waals surface area contributed by atoms with E-state index >= 15 is 0 Å². The Kier molecular flexibility index (Phi) is 4.76. The van der Waals surface area contributed by atoms with Crippen LogP contribution in [0.4, 0.5) is 11.5 Å². The normalized spacial score (nSPS) is 20.4. The van der Waals surface area contributed by atoms with E-state index in [1.165, 1.54) is 12.3 Å². The third-order valence-electron chi connectivity index (χ3n) is 4.30. The predicted molar refractivity (Wildman–Crippen MR) is 84.1 cm³/mol. The summed E-state index contributed by atoms with van der Waals surface area (Å²) < 4.78 is 12.0. The predicted octanol–water partition coefficient (Wildman–Crippen LogP) is 1.99. The van der Waals surface area contributed by atoms with E-state index in [9.17, 15) is 14.3 Å². The summed E-state index contributed by atoms with van der Waals surface area (Å²) in [6.45, 7) is 4.86. The summed E-state index contributed by atoms with van der Waals surface area (Å²) in [5.74, 6) is 0.657. The molecule has 0 aromatic carbocycles. The van der Waals surface area contributed by atoms with Crippen molar-refractivity contribution in [1.82, 2.24) is 4.98 Å². The molecule has 1 unspecified atom stereocenters. The Hall–Kier alpha value is -2.01. The molecular weight excluding hydrogens is 304 g/mol. The Morgan fingerprint density at radius 3 is 2.77 bits per heavy atom. The molecule has 2 rings (SSSR count). The zero-order chi connectivity index (χ0) is 16.3. The summed E-state index contributed by atoms with van der Waals surface area (Å²) in [6.07, 6.45) is 2.88. The highest BCUT2D eigenvalue weighted by atomic mass is 32.2. The molecule has 118 valence electrons. The minimum absolute atomic E-state index is 0.000271. The van der Waals surface area contributed by atoms with Crippen LogP contribution in [0.1, 0.15) is 32.3 Å². The molecule has 0 N–H and O–H groups in total. The van der Waals surface area contributed by atoms with Gasteiger partial charge in [-0.2, -0.15) is 5.26 Å². The van der Waals surface area contributed by atoms with Gasteiger partial charge in [-0.15, -0.1) is 0 Å². The van der Waals surface area contributed by atoms with Crippen LogP contribution in [0.2, 0.25) is 0 Å². The first-order valence-electron chi connectivity index (χ1n) is 7.16. The highest BCUT2D eigenvalue weighted by molar-refractivity contribution is 7.86. The van der Waals surface area contributed by atoms with Crippen molar-refractivity contribution in [2.75, 3.05) is 23.7 Å². The first-order chi connectivity index (χ1) is 10.5. The number of pyridine rings is 1. The van der Waals surface area contributed by atoms with E-state index in [-0.39, 0.29) is 21.8 Å². The minimum atomic E-state index is -0.960. The Morgan fingerprint density at radius 2 is 2.23 bits per heavy atom. The first-order valence-corrected chi connectivity index (χ1v) is 8.48. The molecular formula is C14H18N4O3S. The van der Waals surface area contributed by atoms with Gasteiger partial charge in [-0.05, 0) is 18.9 Å². The number of hydrogen-bond acceptors (Lipinski definition) is 6. The number of nitro groups is 1. The van der Waals surface area contributed by atoms with Crippen LogP contribution in [-0.2, 0) is 10.8 Å². The maximum Gasteiger partial charge on any atom is 0.329 e. The molecule has 1 atom stereocenters. The largest absolute Gasteiger partial charge is 0.348 e. The summed E-state index contributed by atoms with van der Waals surface area (Å²) in [7, 11) is -0.960. The van der Waals surface area contributed by atoms with Gasteiger partial charge in [0.05, 0.1) is 9.67 Å². The van der Waals surface area contributed by atoms with E-state index in [1.54, 1.807) is 4.90 Å².